The van der Waals surface area contributed by atoms with Crippen molar-refractivity contribution in [2.45, 2.75) is 12.8 Å². The fourth-order valence-electron chi connectivity index (χ4n) is 4.26. The molecule has 0 saturated carbocycles. The zero-order valence-electron chi connectivity index (χ0n) is 21.4. The lowest BCUT2D eigenvalue weighted by Crippen LogP contribution is -2.19. The lowest BCUT2D eigenvalue weighted by atomic mass is 10.1. The Balaban J connectivity index is 1.15. The van der Waals surface area contributed by atoms with Crippen LogP contribution in [-0.4, -0.2) is 51.3 Å². The second-order valence-corrected chi connectivity index (χ2v) is 9.14. The van der Waals surface area contributed by atoms with Gasteiger partial charge >= 0.3 is 0 Å². The number of pyridine rings is 1. The van der Waals surface area contributed by atoms with Crippen molar-refractivity contribution in [1.82, 2.24) is 19.9 Å². The summed E-state index contributed by atoms with van der Waals surface area (Å²) in [6, 6.07) is 19.7. The summed E-state index contributed by atoms with van der Waals surface area (Å²) < 4.78 is 0. The van der Waals surface area contributed by atoms with Gasteiger partial charge in [-0.2, -0.15) is 0 Å². The third-order valence-corrected chi connectivity index (χ3v) is 6.24. The molecular formula is C30H29N7O2. The number of likely N-dealkylation sites (tertiary alicyclic amines) is 1. The maximum absolute atomic E-state index is 12.8. The van der Waals surface area contributed by atoms with Crippen LogP contribution in [0.2, 0.25) is 0 Å². The molecule has 5 rings (SSSR count). The van der Waals surface area contributed by atoms with Crippen LogP contribution in [0.25, 0.3) is 11.3 Å². The molecule has 0 aliphatic carbocycles. The van der Waals surface area contributed by atoms with Gasteiger partial charge in [0.15, 0.2) is 0 Å². The monoisotopic (exact) mass is 519 g/mol. The molecule has 196 valence electrons. The van der Waals surface area contributed by atoms with Gasteiger partial charge in [-0.1, -0.05) is 12.1 Å². The third kappa shape index (κ3) is 7.33. The molecule has 39 heavy (non-hydrogen) atoms. The number of rotatable bonds is 9. The van der Waals surface area contributed by atoms with E-state index in [0.29, 0.717) is 22.9 Å². The highest BCUT2D eigenvalue weighted by atomic mass is 16.2. The molecule has 1 saturated heterocycles. The number of carbonyl (C=O) groups is 2. The van der Waals surface area contributed by atoms with Crippen molar-refractivity contribution in [3.8, 4) is 11.3 Å². The van der Waals surface area contributed by atoms with E-state index in [-0.39, 0.29) is 11.8 Å². The molecule has 4 aromatic rings. The predicted octanol–water partition coefficient (Wildman–Crippen LogP) is 5.13. The Morgan fingerprint density at radius 3 is 2.49 bits per heavy atom. The standard InChI is InChI=1S/C30H29N7O2/c38-28(9-5-19-37-17-1-2-18-37)33-26-8-3-6-22(20-26)29(39)34-24-10-12-25(13-11-24)35-30-32-16-14-27(36-30)23-7-4-15-31-21-23/h3-16,20-21H,1-2,17-19H2,(H,33,38)(H,34,39)(H,32,35,36)/b9-5+. The first-order valence-electron chi connectivity index (χ1n) is 12.8. The fraction of sp³-hybridized carbons (Fsp3) is 0.167. The normalized spacial score (nSPS) is 13.3. The maximum atomic E-state index is 12.8. The van der Waals surface area contributed by atoms with Gasteiger partial charge in [0.05, 0.1) is 5.69 Å². The Kier molecular flexibility index (Phi) is 8.30. The summed E-state index contributed by atoms with van der Waals surface area (Å²) in [6.07, 6.45) is 11.0. The van der Waals surface area contributed by atoms with Crippen molar-refractivity contribution < 1.29 is 9.59 Å². The molecule has 2 aromatic heterocycles. The Morgan fingerprint density at radius 1 is 0.872 bits per heavy atom. The molecule has 0 spiro atoms. The summed E-state index contributed by atoms with van der Waals surface area (Å²) in [5.41, 5.74) is 4.08. The minimum Gasteiger partial charge on any atom is -0.324 e. The number of nitrogens with zero attached hydrogens (tertiary/aromatic N) is 4. The molecule has 1 fully saturated rings. The van der Waals surface area contributed by atoms with Gasteiger partial charge < -0.3 is 16.0 Å². The van der Waals surface area contributed by atoms with Gasteiger partial charge in [0, 0.05) is 59.4 Å². The molecule has 1 aliphatic heterocycles. The van der Waals surface area contributed by atoms with Crippen LogP contribution in [0.5, 0.6) is 0 Å². The largest absolute Gasteiger partial charge is 0.324 e. The average Bonchev–Trinajstić information content (AvgIpc) is 3.48. The first kappa shape index (κ1) is 25.7. The van der Waals surface area contributed by atoms with Crippen LogP contribution >= 0.6 is 0 Å². The van der Waals surface area contributed by atoms with Crippen LogP contribution in [0.15, 0.2) is 97.5 Å². The first-order chi connectivity index (χ1) is 19.1. The number of anilines is 4. The van der Waals surface area contributed by atoms with Gasteiger partial charge in [0.1, 0.15) is 0 Å². The molecule has 9 nitrogen and oxygen atoms in total. The van der Waals surface area contributed by atoms with Crippen LogP contribution in [0.3, 0.4) is 0 Å². The quantitative estimate of drug-likeness (QED) is 0.263. The Morgan fingerprint density at radius 2 is 1.69 bits per heavy atom. The third-order valence-electron chi connectivity index (χ3n) is 6.24. The number of carbonyl (C=O) groups excluding carboxylic acids is 2. The van der Waals surface area contributed by atoms with Gasteiger partial charge in [-0.25, -0.2) is 9.97 Å². The van der Waals surface area contributed by atoms with Crippen molar-refractivity contribution in [3.63, 3.8) is 0 Å². The topological polar surface area (TPSA) is 112 Å². The van der Waals surface area contributed by atoms with Crippen LogP contribution in [0.1, 0.15) is 23.2 Å². The molecule has 9 heteroatoms. The second-order valence-electron chi connectivity index (χ2n) is 9.14. The number of aromatic nitrogens is 3. The van der Waals surface area contributed by atoms with E-state index in [0.717, 1.165) is 36.6 Å². The highest BCUT2D eigenvalue weighted by molar-refractivity contribution is 6.06. The number of benzene rings is 2. The minimum absolute atomic E-state index is 0.218. The summed E-state index contributed by atoms with van der Waals surface area (Å²) in [5, 5.41) is 8.89. The van der Waals surface area contributed by atoms with E-state index in [1.165, 1.54) is 12.8 Å². The molecule has 0 radical (unpaired) electrons. The van der Waals surface area contributed by atoms with Crippen molar-refractivity contribution in [1.29, 1.82) is 0 Å². The zero-order chi connectivity index (χ0) is 26.9. The highest BCUT2D eigenvalue weighted by Gasteiger charge is 2.10. The molecule has 0 unspecified atom stereocenters. The second kappa shape index (κ2) is 12.6. The van der Waals surface area contributed by atoms with E-state index < -0.39 is 0 Å². The van der Waals surface area contributed by atoms with Gasteiger partial charge in [-0.15, -0.1) is 0 Å². The number of hydrogen-bond acceptors (Lipinski definition) is 7. The number of amides is 2. The van der Waals surface area contributed by atoms with Crippen molar-refractivity contribution in [2.24, 2.45) is 0 Å². The average molecular weight is 520 g/mol. The lowest BCUT2D eigenvalue weighted by Gasteiger charge is -2.10. The molecular weight excluding hydrogens is 490 g/mol. The van der Waals surface area contributed by atoms with E-state index in [4.69, 9.17) is 0 Å². The minimum atomic E-state index is -0.274. The van der Waals surface area contributed by atoms with E-state index in [9.17, 15) is 9.59 Å². The summed E-state index contributed by atoms with van der Waals surface area (Å²) >= 11 is 0. The van der Waals surface area contributed by atoms with E-state index >= 15 is 0 Å². The van der Waals surface area contributed by atoms with Gasteiger partial charge in [-0.3, -0.25) is 19.5 Å². The Hall–Kier alpha value is -4.89. The van der Waals surface area contributed by atoms with Gasteiger partial charge in [-0.05, 0) is 86.6 Å². The molecule has 2 aromatic carbocycles. The SMILES string of the molecule is O=C(/C=C/CN1CCCC1)Nc1cccc(C(=O)Nc2ccc(Nc3nccc(-c4cccnc4)n3)cc2)c1. The van der Waals surface area contributed by atoms with Gasteiger partial charge in [0.2, 0.25) is 11.9 Å². The van der Waals surface area contributed by atoms with Gasteiger partial charge in [0.25, 0.3) is 5.91 Å². The Bertz CT molecular complexity index is 1450. The molecule has 0 atom stereocenters. The molecule has 1 aliphatic rings. The van der Waals surface area contributed by atoms with Crippen molar-refractivity contribution in [2.75, 3.05) is 35.6 Å². The summed E-state index contributed by atoms with van der Waals surface area (Å²) in [5.74, 6) is -0.0356. The lowest BCUT2D eigenvalue weighted by molar-refractivity contribution is -0.111. The smallest absolute Gasteiger partial charge is 0.255 e. The Labute approximate surface area is 227 Å². The number of nitrogens with one attached hydrogen (secondary N) is 3. The van der Waals surface area contributed by atoms with Crippen LogP contribution in [0, 0.1) is 0 Å². The zero-order valence-corrected chi connectivity index (χ0v) is 21.4. The number of hydrogen-bond donors (Lipinski definition) is 3. The summed E-state index contributed by atoms with van der Waals surface area (Å²) in [7, 11) is 0. The molecule has 3 N–H and O–H groups in total. The van der Waals surface area contributed by atoms with Crippen LogP contribution in [-0.2, 0) is 4.79 Å². The van der Waals surface area contributed by atoms with Crippen molar-refractivity contribution in [3.05, 3.63) is 103 Å². The first-order valence-corrected chi connectivity index (χ1v) is 12.8. The summed E-state index contributed by atoms with van der Waals surface area (Å²) in [4.78, 5) is 40.4. The van der Waals surface area contributed by atoms with Crippen LogP contribution < -0.4 is 16.0 Å². The van der Waals surface area contributed by atoms with Crippen molar-refractivity contribution >= 4 is 34.8 Å². The predicted molar refractivity (Wildman–Crippen MR) is 153 cm³/mol. The fourth-order valence-corrected chi connectivity index (χ4v) is 4.26. The molecule has 2 amide bonds. The summed E-state index contributed by atoms with van der Waals surface area (Å²) in [6.45, 7) is 2.93. The maximum Gasteiger partial charge on any atom is 0.255 e. The molecule has 3 heterocycles. The molecule has 0 bridgehead atoms. The van der Waals surface area contributed by atoms with E-state index in [2.05, 4.69) is 35.8 Å². The van der Waals surface area contributed by atoms with E-state index in [1.54, 1.807) is 61.1 Å². The van der Waals surface area contributed by atoms with Crippen LogP contribution in [0.4, 0.5) is 23.0 Å². The van der Waals surface area contributed by atoms with E-state index in [1.807, 2.05) is 36.4 Å². The highest BCUT2D eigenvalue weighted by Crippen LogP contribution is 2.21.